The third-order valence-corrected chi connectivity index (χ3v) is 5.46. The molecular formula is C8H4F4. The van der Waals surface area contributed by atoms with Gasteiger partial charge in [0.25, 0.3) is 0 Å². The van der Waals surface area contributed by atoms with E-state index in [9.17, 15) is 17.6 Å². The molecule has 0 aliphatic heterocycles. The van der Waals surface area contributed by atoms with Crippen LogP contribution in [0.5, 0.6) is 0 Å². The molecule has 64 valence electrons. The van der Waals surface area contributed by atoms with Crippen molar-refractivity contribution in [1.29, 1.82) is 0 Å². The molecule has 0 aromatic carbocycles. The van der Waals surface area contributed by atoms with Crippen LogP contribution in [0.3, 0.4) is 0 Å². The Labute approximate surface area is 64.9 Å². The Balaban J connectivity index is 1.86. The second kappa shape index (κ2) is 0.794. The smallest absolute Gasteiger partial charge is 0.158 e. The zero-order chi connectivity index (χ0) is 8.31. The van der Waals surface area contributed by atoms with Crippen LogP contribution < -0.4 is 0 Å². The molecule has 6 aliphatic carbocycles. The highest BCUT2D eigenvalue weighted by atomic mass is 19.2. The fourth-order valence-corrected chi connectivity index (χ4v) is 5.27. The van der Waals surface area contributed by atoms with Crippen molar-refractivity contribution < 1.29 is 17.6 Å². The van der Waals surface area contributed by atoms with Gasteiger partial charge in [-0.2, -0.15) is 0 Å². The van der Waals surface area contributed by atoms with Crippen LogP contribution in [0.2, 0.25) is 0 Å². The Bertz CT molecular complexity index is 287. The predicted molar refractivity (Wildman–Crippen MR) is 29.3 cm³/mol. The van der Waals surface area contributed by atoms with Gasteiger partial charge in [0.05, 0.1) is 0 Å². The lowest BCUT2D eigenvalue weighted by Crippen LogP contribution is -3.25. The second-order valence-corrected chi connectivity index (χ2v) is 4.98. The molecule has 0 aromatic rings. The van der Waals surface area contributed by atoms with Crippen molar-refractivity contribution in [3.8, 4) is 0 Å². The van der Waals surface area contributed by atoms with Gasteiger partial charge >= 0.3 is 0 Å². The molecule has 0 aromatic heterocycles. The molecule has 6 rings (SSSR count). The highest BCUT2D eigenvalue weighted by molar-refractivity contribution is 5.71. The summed E-state index contributed by atoms with van der Waals surface area (Å²) in [7, 11) is 0. The summed E-state index contributed by atoms with van der Waals surface area (Å²) < 4.78 is 53.8. The molecule has 6 aliphatic rings. The maximum atomic E-state index is 13.4. The van der Waals surface area contributed by atoms with Gasteiger partial charge in [0.15, 0.2) is 22.7 Å². The van der Waals surface area contributed by atoms with E-state index in [1.165, 1.54) is 0 Å². The van der Waals surface area contributed by atoms with Gasteiger partial charge in [-0.05, 0) is 0 Å². The quantitative estimate of drug-likeness (QED) is 0.489. The van der Waals surface area contributed by atoms with Gasteiger partial charge in [0.2, 0.25) is 0 Å². The molecular weight excluding hydrogens is 172 g/mol. The molecule has 0 spiro atoms. The van der Waals surface area contributed by atoms with Crippen molar-refractivity contribution in [1.82, 2.24) is 0 Å². The van der Waals surface area contributed by atoms with Crippen molar-refractivity contribution in [3.05, 3.63) is 0 Å². The Morgan fingerprint density at radius 2 is 0.667 bits per heavy atom. The molecule has 0 radical (unpaired) electrons. The van der Waals surface area contributed by atoms with Gasteiger partial charge in [0.1, 0.15) is 0 Å². The van der Waals surface area contributed by atoms with Crippen LogP contribution in [0, 0.1) is 23.7 Å². The molecule has 0 amide bonds. The first-order chi connectivity index (χ1) is 5.48. The molecule has 4 heteroatoms. The normalized spacial score (nSPS) is 101. The molecule has 0 unspecified atom stereocenters. The van der Waals surface area contributed by atoms with Crippen molar-refractivity contribution in [2.75, 3.05) is 0 Å². The van der Waals surface area contributed by atoms with Crippen LogP contribution in [-0.2, 0) is 0 Å². The van der Waals surface area contributed by atoms with Crippen LogP contribution in [0.4, 0.5) is 17.6 Å². The SMILES string of the molecule is FC12C3C4C1(F)C1C2C3(F)C41F. The first-order valence-electron chi connectivity index (χ1n) is 4.23. The van der Waals surface area contributed by atoms with E-state index in [1.54, 1.807) is 0 Å². The van der Waals surface area contributed by atoms with Crippen molar-refractivity contribution in [2.24, 2.45) is 23.7 Å². The van der Waals surface area contributed by atoms with Crippen LogP contribution in [0.1, 0.15) is 0 Å². The van der Waals surface area contributed by atoms with Gasteiger partial charge in [-0.25, -0.2) is 17.6 Å². The highest BCUT2D eigenvalue weighted by Gasteiger charge is 3.26. The lowest BCUT2D eigenvalue weighted by molar-refractivity contribution is -0.697. The van der Waals surface area contributed by atoms with E-state index in [1.807, 2.05) is 0 Å². The monoisotopic (exact) mass is 176 g/mol. The lowest BCUT2D eigenvalue weighted by Gasteiger charge is -3.08. The predicted octanol–water partition coefficient (Wildman–Crippen LogP) is 1.35. The summed E-state index contributed by atoms with van der Waals surface area (Å²) in [5.74, 6) is -3.69. The minimum atomic E-state index is -1.94. The molecule has 6 saturated carbocycles. The molecule has 12 heavy (non-hydrogen) atoms. The summed E-state index contributed by atoms with van der Waals surface area (Å²) in [5.41, 5.74) is -7.76. The number of hydrogen-bond acceptors (Lipinski definition) is 0. The van der Waals surface area contributed by atoms with E-state index >= 15 is 0 Å². The Kier molecular flexibility index (Phi) is 0.361. The third kappa shape index (κ3) is 0.136. The Morgan fingerprint density at radius 3 is 0.833 bits per heavy atom. The minimum absolute atomic E-state index is 0.921. The van der Waals surface area contributed by atoms with Crippen LogP contribution >= 0.6 is 0 Å². The summed E-state index contributed by atoms with van der Waals surface area (Å²) in [5, 5.41) is 0. The topological polar surface area (TPSA) is 0 Å². The average molecular weight is 176 g/mol. The molecule has 0 atom stereocenters. The standard InChI is InChI=1S/C8H4F4/c9-5-1-2-7(5,11)4-3(5)6(1,10)8(2,4)12/h1-4H. The van der Waals surface area contributed by atoms with E-state index in [0.29, 0.717) is 0 Å². The number of halogens is 4. The van der Waals surface area contributed by atoms with E-state index in [2.05, 4.69) is 0 Å². The fraction of sp³-hybridized carbons (Fsp3) is 1.00. The van der Waals surface area contributed by atoms with Gasteiger partial charge in [-0.3, -0.25) is 0 Å². The van der Waals surface area contributed by atoms with E-state index in [4.69, 9.17) is 0 Å². The number of rotatable bonds is 0. The van der Waals surface area contributed by atoms with Crippen LogP contribution in [0.25, 0.3) is 0 Å². The summed E-state index contributed by atoms with van der Waals surface area (Å²) in [4.78, 5) is 0. The lowest BCUT2D eigenvalue weighted by atomic mass is 8.96. The van der Waals surface area contributed by atoms with Gasteiger partial charge in [0, 0.05) is 23.7 Å². The van der Waals surface area contributed by atoms with E-state index < -0.39 is 46.3 Å². The number of alkyl halides is 4. The molecule has 0 bridgehead atoms. The first kappa shape index (κ1) is 5.45. The average Bonchev–Trinajstić information content (AvgIpc) is 2.05. The summed E-state index contributed by atoms with van der Waals surface area (Å²) in [6, 6.07) is 0. The molecule has 0 saturated heterocycles. The first-order valence-corrected chi connectivity index (χ1v) is 4.23. The fourth-order valence-electron chi connectivity index (χ4n) is 5.27. The van der Waals surface area contributed by atoms with Crippen molar-refractivity contribution in [2.45, 2.75) is 22.7 Å². The molecule has 6 fully saturated rings. The van der Waals surface area contributed by atoms with Crippen LogP contribution in [0.15, 0.2) is 0 Å². The summed E-state index contributed by atoms with van der Waals surface area (Å²) in [6.45, 7) is 0. The third-order valence-electron chi connectivity index (χ3n) is 5.46. The maximum Gasteiger partial charge on any atom is 0.158 e. The van der Waals surface area contributed by atoms with Crippen LogP contribution in [-0.4, -0.2) is 22.7 Å². The van der Waals surface area contributed by atoms with Crippen molar-refractivity contribution in [3.63, 3.8) is 0 Å². The van der Waals surface area contributed by atoms with Crippen molar-refractivity contribution >= 4 is 0 Å². The van der Waals surface area contributed by atoms with Gasteiger partial charge < -0.3 is 0 Å². The Hall–Kier alpha value is -0.280. The molecule has 0 heterocycles. The highest BCUT2D eigenvalue weighted by Crippen LogP contribution is 3.09. The Morgan fingerprint density at radius 1 is 0.500 bits per heavy atom. The molecule has 0 nitrogen and oxygen atoms in total. The molecule has 0 N–H and O–H groups in total. The van der Waals surface area contributed by atoms with E-state index in [0.717, 1.165) is 0 Å². The maximum absolute atomic E-state index is 13.4. The zero-order valence-electron chi connectivity index (χ0n) is 5.82. The zero-order valence-corrected chi connectivity index (χ0v) is 5.82. The number of hydrogen-bond donors (Lipinski definition) is 0. The summed E-state index contributed by atoms with van der Waals surface area (Å²) >= 11 is 0. The second-order valence-electron chi connectivity index (χ2n) is 4.98. The van der Waals surface area contributed by atoms with Gasteiger partial charge in [-0.15, -0.1) is 0 Å². The largest absolute Gasteiger partial charge is 0.239 e. The van der Waals surface area contributed by atoms with E-state index in [-0.39, 0.29) is 0 Å². The van der Waals surface area contributed by atoms with Gasteiger partial charge in [-0.1, -0.05) is 0 Å². The minimum Gasteiger partial charge on any atom is -0.239 e. The summed E-state index contributed by atoms with van der Waals surface area (Å²) in [6.07, 6.45) is 0.